The summed E-state index contributed by atoms with van der Waals surface area (Å²) in [7, 11) is 0. The molecule has 94 valence electrons. The van der Waals surface area contributed by atoms with Gasteiger partial charge in [0.05, 0.1) is 0 Å². The minimum Gasteiger partial charge on any atom is -0.371 e. The van der Waals surface area contributed by atoms with Gasteiger partial charge in [0.1, 0.15) is 6.29 Å². The second-order valence-corrected chi connectivity index (χ2v) is 4.98. The molecule has 0 amide bonds. The summed E-state index contributed by atoms with van der Waals surface area (Å²) in [6.45, 7) is 10.0. The summed E-state index contributed by atoms with van der Waals surface area (Å²) in [4.78, 5) is 13.4. The third-order valence-corrected chi connectivity index (χ3v) is 3.39. The number of benzene rings is 1. The molecule has 1 aromatic carbocycles. The first kappa shape index (κ1) is 13.8. The second kappa shape index (κ2) is 5.85. The van der Waals surface area contributed by atoms with Crippen molar-refractivity contribution in [3.05, 3.63) is 29.8 Å². The predicted molar refractivity (Wildman–Crippen MR) is 73.5 cm³/mol. The van der Waals surface area contributed by atoms with Gasteiger partial charge in [-0.15, -0.1) is 0 Å². The Morgan fingerprint density at radius 3 is 2.53 bits per heavy atom. The molecule has 0 aliphatic heterocycles. The molecule has 1 rings (SSSR count). The van der Waals surface area contributed by atoms with Crippen molar-refractivity contribution in [3.8, 4) is 0 Å². The summed E-state index contributed by atoms with van der Waals surface area (Å²) >= 11 is 0. The molecule has 1 aromatic rings. The molecule has 17 heavy (non-hydrogen) atoms. The number of carbonyl (C=O) groups excluding carboxylic acids is 1. The van der Waals surface area contributed by atoms with E-state index in [-0.39, 0.29) is 5.41 Å². The monoisotopic (exact) mass is 233 g/mol. The topological polar surface area (TPSA) is 20.3 Å². The third-order valence-electron chi connectivity index (χ3n) is 3.39. The van der Waals surface area contributed by atoms with Gasteiger partial charge in [-0.1, -0.05) is 26.0 Å². The van der Waals surface area contributed by atoms with Crippen molar-refractivity contribution in [2.45, 2.75) is 34.1 Å². The Balaban J connectivity index is 2.89. The summed E-state index contributed by atoms with van der Waals surface area (Å²) in [6.07, 6.45) is 1.96. The molecule has 0 bridgehead atoms. The van der Waals surface area contributed by atoms with E-state index in [9.17, 15) is 4.79 Å². The van der Waals surface area contributed by atoms with Crippen LogP contribution in [0.25, 0.3) is 0 Å². The van der Waals surface area contributed by atoms with Crippen LogP contribution < -0.4 is 4.90 Å². The number of rotatable bonds is 6. The van der Waals surface area contributed by atoms with Crippen molar-refractivity contribution in [3.63, 3.8) is 0 Å². The van der Waals surface area contributed by atoms with Crippen LogP contribution in [0.3, 0.4) is 0 Å². The van der Waals surface area contributed by atoms with Crippen molar-refractivity contribution in [1.82, 2.24) is 0 Å². The molecule has 0 N–H and O–H groups in total. The molecule has 0 fully saturated rings. The Morgan fingerprint density at radius 1 is 1.35 bits per heavy atom. The third kappa shape index (κ3) is 3.58. The Labute approximate surface area is 105 Å². The predicted octanol–water partition coefficient (Wildman–Crippen LogP) is 3.44. The van der Waals surface area contributed by atoms with E-state index >= 15 is 0 Å². The average molecular weight is 233 g/mol. The van der Waals surface area contributed by atoms with Crippen LogP contribution in [0, 0.1) is 12.3 Å². The van der Waals surface area contributed by atoms with Crippen LogP contribution in [-0.4, -0.2) is 19.4 Å². The molecule has 0 radical (unpaired) electrons. The van der Waals surface area contributed by atoms with Crippen molar-refractivity contribution >= 4 is 12.0 Å². The van der Waals surface area contributed by atoms with Crippen molar-refractivity contribution in [2.75, 3.05) is 18.0 Å². The number of anilines is 1. The van der Waals surface area contributed by atoms with Crippen LogP contribution in [0.4, 0.5) is 5.69 Å². The standard InChI is InChI=1S/C15H23NO/c1-5-15(4,12-17)11-16(6-2)14-9-7-8-13(3)10-14/h7-10,12H,5-6,11H2,1-4H3. The van der Waals surface area contributed by atoms with E-state index in [4.69, 9.17) is 0 Å². The van der Waals surface area contributed by atoms with Gasteiger partial charge in [0.15, 0.2) is 0 Å². The zero-order chi connectivity index (χ0) is 12.9. The highest BCUT2D eigenvalue weighted by Crippen LogP contribution is 2.24. The number of hydrogen-bond donors (Lipinski definition) is 0. The average Bonchev–Trinajstić information content (AvgIpc) is 2.35. The quantitative estimate of drug-likeness (QED) is 0.702. The van der Waals surface area contributed by atoms with E-state index in [2.05, 4.69) is 49.9 Å². The molecule has 0 aliphatic carbocycles. The Bertz CT molecular complexity index is 375. The van der Waals surface area contributed by atoms with Crippen LogP contribution in [0.1, 0.15) is 32.8 Å². The summed E-state index contributed by atoms with van der Waals surface area (Å²) in [6, 6.07) is 8.44. The zero-order valence-electron chi connectivity index (χ0n) is 11.4. The first-order valence-electron chi connectivity index (χ1n) is 6.32. The van der Waals surface area contributed by atoms with Crippen LogP contribution in [0.2, 0.25) is 0 Å². The normalized spacial score (nSPS) is 14.1. The zero-order valence-corrected chi connectivity index (χ0v) is 11.4. The van der Waals surface area contributed by atoms with Gasteiger partial charge in [0, 0.05) is 24.2 Å². The first-order valence-corrected chi connectivity index (χ1v) is 6.32. The number of aldehydes is 1. The second-order valence-electron chi connectivity index (χ2n) is 4.98. The van der Waals surface area contributed by atoms with Crippen LogP contribution in [0.5, 0.6) is 0 Å². The van der Waals surface area contributed by atoms with Crippen molar-refractivity contribution in [1.29, 1.82) is 0 Å². The van der Waals surface area contributed by atoms with E-state index in [0.29, 0.717) is 0 Å². The molecule has 1 atom stereocenters. The Morgan fingerprint density at radius 2 is 2.06 bits per heavy atom. The summed E-state index contributed by atoms with van der Waals surface area (Å²) in [5.41, 5.74) is 2.21. The van der Waals surface area contributed by atoms with E-state index in [0.717, 1.165) is 25.8 Å². The van der Waals surface area contributed by atoms with Crippen molar-refractivity contribution in [2.24, 2.45) is 5.41 Å². The molecule has 0 saturated carbocycles. The van der Waals surface area contributed by atoms with Gasteiger partial charge >= 0.3 is 0 Å². The summed E-state index contributed by atoms with van der Waals surface area (Å²) in [5.74, 6) is 0. The molecule has 0 aromatic heterocycles. The highest BCUT2D eigenvalue weighted by molar-refractivity contribution is 5.61. The molecule has 2 nitrogen and oxygen atoms in total. The van der Waals surface area contributed by atoms with Gasteiger partial charge in [0.2, 0.25) is 0 Å². The lowest BCUT2D eigenvalue weighted by atomic mass is 9.88. The maximum absolute atomic E-state index is 11.2. The molecule has 2 heteroatoms. The number of hydrogen-bond acceptors (Lipinski definition) is 2. The number of carbonyl (C=O) groups is 1. The molecule has 0 heterocycles. The Hall–Kier alpha value is -1.31. The largest absolute Gasteiger partial charge is 0.371 e. The maximum atomic E-state index is 11.2. The van der Waals surface area contributed by atoms with Gasteiger partial charge in [-0.05, 0) is 38.0 Å². The highest BCUT2D eigenvalue weighted by atomic mass is 16.1. The summed E-state index contributed by atoms with van der Waals surface area (Å²) < 4.78 is 0. The molecular formula is C15H23NO. The van der Waals surface area contributed by atoms with Gasteiger partial charge in [-0.25, -0.2) is 0 Å². The highest BCUT2D eigenvalue weighted by Gasteiger charge is 2.24. The lowest BCUT2D eigenvalue weighted by Crippen LogP contribution is -2.36. The molecule has 0 aliphatic rings. The fraction of sp³-hybridized carbons (Fsp3) is 0.533. The Kier molecular flexibility index (Phi) is 4.73. The fourth-order valence-corrected chi connectivity index (χ4v) is 1.88. The number of nitrogens with zero attached hydrogens (tertiary/aromatic N) is 1. The lowest BCUT2D eigenvalue weighted by Gasteiger charge is -2.32. The van der Waals surface area contributed by atoms with Crippen LogP contribution in [-0.2, 0) is 4.79 Å². The number of aryl methyl sites for hydroxylation is 1. The summed E-state index contributed by atoms with van der Waals surface area (Å²) in [5, 5.41) is 0. The van der Waals surface area contributed by atoms with Crippen LogP contribution in [0.15, 0.2) is 24.3 Å². The van der Waals surface area contributed by atoms with Crippen molar-refractivity contribution < 1.29 is 4.79 Å². The smallest absolute Gasteiger partial charge is 0.127 e. The molecular weight excluding hydrogens is 210 g/mol. The van der Waals surface area contributed by atoms with E-state index in [1.807, 2.05) is 6.92 Å². The van der Waals surface area contributed by atoms with Gasteiger partial charge in [-0.2, -0.15) is 0 Å². The SMILES string of the molecule is CCN(CC(C)(C=O)CC)c1cccc(C)c1. The van der Waals surface area contributed by atoms with Gasteiger partial charge < -0.3 is 9.69 Å². The van der Waals surface area contributed by atoms with Gasteiger partial charge in [0.25, 0.3) is 0 Å². The fourth-order valence-electron chi connectivity index (χ4n) is 1.88. The lowest BCUT2D eigenvalue weighted by molar-refractivity contribution is -0.115. The van der Waals surface area contributed by atoms with E-state index in [1.165, 1.54) is 11.3 Å². The van der Waals surface area contributed by atoms with E-state index < -0.39 is 0 Å². The maximum Gasteiger partial charge on any atom is 0.127 e. The molecule has 0 saturated heterocycles. The van der Waals surface area contributed by atoms with Gasteiger partial charge in [-0.3, -0.25) is 0 Å². The minimum atomic E-state index is -0.250. The minimum absolute atomic E-state index is 0.250. The first-order chi connectivity index (χ1) is 8.04. The molecule has 0 spiro atoms. The van der Waals surface area contributed by atoms with E-state index in [1.54, 1.807) is 0 Å². The van der Waals surface area contributed by atoms with Crippen LogP contribution >= 0.6 is 0 Å². The molecule has 1 unspecified atom stereocenters.